The largest absolute Gasteiger partial charge is 0.467 e. The Kier molecular flexibility index (Phi) is 5.61. The molecule has 0 radical (unpaired) electrons. The van der Waals surface area contributed by atoms with Gasteiger partial charge >= 0.3 is 0 Å². The first-order chi connectivity index (χ1) is 11.6. The SMILES string of the molecule is CCC(CC)C(=O)N1CCC(Oc2nc3c(Cl)cccc3s2)CC1. The van der Waals surface area contributed by atoms with E-state index in [1.165, 1.54) is 11.3 Å². The van der Waals surface area contributed by atoms with Crippen molar-refractivity contribution in [3.05, 3.63) is 23.2 Å². The van der Waals surface area contributed by atoms with Crippen LogP contribution in [0.2, 0.25) is 5.02 Å². The van der Waals surface area contributed by atoms with E-state index in [-0.39, 0.29) is 12.0 Å². The van der Waals surface area contributed by atoms with Crippen LogP contribution in [0, 0.1) is 5.92 Å². The van der Waals surface area contributed by atoms with Gasteiger partial charge in [-0.05, 0) is 25.0 Å². The van der Waals surface area contributed by atoms with E-state index in [2.05, 4.69) is 18.8 Å². The van der Waals surface area contributed by atoms with E-state index in [0.29, 0.717) is 16.1 Å². The summed E-state index contributed by atoms with van der Waals surface area (Å²) in [4.78, 5) is 18.9. The van der Waals surface area contributed by atoms with Gasteiger partial charge in [0.1, 0.15) is 11.6 Å². The quantitative estimate of drug-likeness (QED) is 0.766. The van der Waals surface area contributed by atoms with Crippen molar-refractivity contribution >= 4 is 39.1 Å². The Morgan fingerprint density at radius 1 is 1.38 bits per heavy atom. The molecule has 4 nitrogen and oxygen atoms in total. The number of para-hydroxylation sites is 1. The number of carbonyl (C=O) groups excluding carboxylic acids is 1. The minimum absolute atomic E-state index is 0.120. The summed E-state index contributed by atoms with van der Waals surface area (Å²) < 4.78 is 7.09. The fourth-order valence-corrected chi connectivity index (χ4v) is 4.36. The van der Waals surface area contributed by atoms with E-state index in [1.807, 2.05) is 23.1 Å². The second kappa shape index (κ2) is 7.70. The summed E-state index contributed by atoms with van der Waals surface area (Å²) in [5.74, 6) is 0.457. The molecule has 2 heterocycles. The Balaban J connectivity index is 1.58. The highest BCUT2D eigenvalue weighted by Gasteiger charge is 2.27. The second-order valence-electron chi connectivity index (χ2n) is 6.22. The molecule has 1 aromatic carbocycles. The molecule has 24 heavy (non-hydrogen) atoms. The number of halogens is 1. The van der Waals surface area contributed by atoms with Crippen LogP contribution < -0.4 is 4.74 Å². The highest BCUT2D eigenvalue weighted by molar-refractivity contribution is 7.20. The van der Waals surface area contributed by atoms with Gasteiger partial charge in [-0.1, -0.05) is 42.9 Å². The van der Waals surface area contributed by atoms with Crippen LogP contribution in [0.5, 0.6) is 5.19 Å². The molecule has 1 aromatic heterocycles. The summed E-state index contributed by atoms with van der Waals surface area (Å²) in [6, 6.07) is 5.77. The fraction of sp³-hybridized carbons (Fsp3) is 0.556. The summed E-state index contributed by atoms with van der Waals surface area (Å²) in [6.45, 7) is 5.71. The summed E-state index contributed by atoms with van der Waals surface area (Å²) in [7, 11) is 0. The molecule has 3 rings (SSSR count). The summed E-state index contributed by atoms with van der Waals surface area (Å²) in [5, 5.41) is 1.33. The number of nitrogens with zero attached hydrogens (tertiary/aromatic N) is 2. The number of hydrogen-bond donors (Lipinski definition) is 0. The number of likely N-dealkylation sites (tertiary alicyclic amines) is 1. The molecule has 6 heteroatoms. The predicted molar refractivity (Wildman–Crippen MR) is 98.9 cm³/mol. The second-order valence-corrected chi connectivity index (χ2v) is 7.62. The smallest absolute Gasteiger partial charge is 0.274 e. The molecule has 0 unspecified atom stereocenters. The van der Waals surface area contributed by atoms with Crippen LogP contribution >= 0.6 is 22.9 Å². The summed E-state index contributed by atoms with van der Waals surface area (Å²) in [5.41, 5.74) is 0.806. The van der Waals surface area contributed by atoms with Gasteiger partial charge < -0.3 is 9.64 Å². The molecule has 1 aliphatic heterocycles. The zero-order chi connectivity index (χ0) is 17.1. The number of piperidine rings is 1. The number of carbonyl (C=O) groups is 1. The van der Waals surface area contributed by atoms with E-state index >= 15 is 0 Å². The average Bonchev–Trinajstić information content (AvgIpc) is 3.00. The molecule has 1 aliphatic rings. The molecule has 1 saturated heterocycles. The minimum atomic E-state index is 0.120. The topological polar surface area (TPSA) is 42.4 Å². The third kappa shape index (κ3) is 3.67. The summed E-state index contributed by atoms with van der Waals surface area (Å²) >= 11 is 7.69. The van der Waals surface area contributed by atoms with Gasteiger partial charge in [0.05, 0.1) is 9.72 Å². The number of amides is 1. The zero-order valence-corrected chi connectivity index (χ0v) is 15.7. The highest BCUT2D eigenvalue weighted by Crippen LogP contribution is 2.33. The maximum absolute atomic E-state index is 12.4. The van der Waals surface area contributed by atoms with Gasteiger partial charge in [-0.2, -0.15) is 0 Å². The van der Waals surface area contributed by atoms with Gasteiger partial charge in [0.2, 0.25) is 5.91 Å². The number of benzene rings is 1. The van der Waals surface area contributed by atoms with Crippen molar-refractivity contribution in [2.24, 2.45) is 5.92 Å². The maximum atomic E-state index is 12.4. The molecule has 1 fully saturated rings. The standard InChI is InChI=1S/C18H23ClN2O2S/c1-3-12(4-2)17(22)21-10-8-13(9-11-21)23-18-20-16-14(19)6-5-7-15(16)24-18/h5-7,12-13H,3-4,8-11H2,1-2H3. The molecule has 130 valence electrons. The first-order valence-electron chi connectivity index (χ1n) is 8.62. The van der Waals surface area contributed by atoms with Crippen LogP contribution in [-0.4, -0.2) is 35.0 Å². The number of aromatic nitrogens is 1. The third-order valence-corrected chi connectivity index (χ3v) is 5.92. The van der Waals surface area contributed by atoms with Gasteiger partial charge in [-0.25, -0.2) is 4.98 Å². The predicted octanol–water partition coefficient (Wildman–Crippen LogP) is 4.76. The van der Waals surface area contributed by atoms with E-state index in [0.717, 1.165) is 49.0 Å². The van der Waals surface area contributed by atoms with Crippen molar-refractivity contribution < 1.29 is 9.53 Å². The lowest BCUT2D eigenvalue weighted by Gasteiger charge is -2.33. The van der Waals surface area contributed by atoms with Gasteiger partial charge in [0.15, 0.2) is 0 Å². The number of rotatable bonds is 5. The molecule has 0 atom stereocenters. The Bertz CT molecular complexity index is 706. The molecule has 1 amide bonds. The van der Waals surface area contributed by atoms with Crippen LogP contribution in [0.1, 0.15) is 39.5 Å². The van der Waals surface area contributed by atoms with Gasteiger partial charge in [0, 0.05) is 31.8 Å². The lowest BCUT2D eigenvalue weighted by atomic mass is 9.99. The normalized spacial score (nSPS) is 16.1. The molecule has 0 bridgehead atoms. The van der Waals surface area contributed by atoms with E-state index in [1.54, 1.807) is 0 Å². The van der Waals surface area contributed by atoms with Crippen molar-refractivity contribution in [1.82, 2.24) is 9.88 Å². The molecule has 2 aromatic rings. The monoisotopic (exact) mass is 366 g/mol. The first kappa shape index (κ1) is 17.5. The number of fused-ring (bicyclic) bond motifs is 1. The van der Waals surface area contributed by atoms with Crippen molar-refractivity contribution in [2.45, 2.75) is 45.6 Å². The van der Waals surface area contributed by atoms with Crippen molar-refractivity contribution in [3.8, 4) is 5.19 Å². The zero-order valence-electron chi connectivity index (χ0n) is 14.1. The van der Waals surface area contributed by atoms with Crippen molar-refractivity contribution in [1.29, 1.82) is 0 Å². The third-order valence-electron chi connectivity index (χ3n) is 4.71. The average molecular weight is 367 g/mol. The minimum Gasteiger partial charge on any atom is -0.467 e. The van der Waals surface area contributed by atoms with E-state index in [4.69, 9.17) is 16.3 Å². The molecular formula is C18H23ClN2O2S. The Labute approximate surface area is 151 Å². The molecule has 0 aliphatic carbocycles. The van der Waals surface area contributed by atoms with Crippen LogP contribution in [0.4, 0.5) is 0 Å². The number of thiazole rings is 1. The van der Waals surface area contributed by atoms with Crippen LogP contribution in [-0.2, 0) is 4.79 Å². The molecule has 0 saturated carbocycles. The summed E-state index contributed by atoms with van der Waals surface area (Å²) in [6.07, 6.45) is 3.66. The van der Waals surface area contributed by atoms with Crippen LogP contribution in [0.15, 0.2) is 18.2 Å². The molecule has 0 spiro atoms. The number of hydrogen-bond acceptors (Lipinski definition) is 4. The van der Waals surface area contributed by atoms with Crippen molar-refractivity contribution in [2.75, 3.05) is 13.1 Å². The lowest BCUT2D eigenvalue weighted by molar-refractivity contribution is -0.137. The van der Waals surface area contributed by atoms with Crippen molar-refractivity contribution in [3.63, 3.8) is 0 Å². The Morgan fingerprint density at radius 2 is 2.08 bits per heavy atom. The van der Waals surface area contributed by atoms with Gasteiger partial charge in [-0.15, -0.1) is 0 Å². The van der Waals surface area contributed by atoms with E-state index in [9.17, 15) is 4.79 Å². The van der Waals surface area contributed by atoms with E-state index < -0.39 is 0 Å². The maximum Gasteiger partial charge on any atom is 0.274 e. The Hall–Kier alpha value is -1.33. The number of ether oxygens (including phenoxy) is 1. The van der Waals surface area contributed by atoms with Gasteiger partial charge in [-0.3, -0.25) is 4.79 Å². The van der Waals surface area contributed by atoms with Crippen LogP contribution in [0.3, 0.4) is 0 Å². The molecular weight excluding hydrogens is 344 g/mol. The first-order valence-corrected chi connectivity index (χ1v) is 9.82. The van der Waals surface area contributed by atoms with Gasteiger partial charge in [0.25, 0.3) is 5.19 Å². The Morgan fingerprint density at radius 3 is 2.71 bits per heavy atom. The lowest BCUT2D eigenvalue weighted by Crippen LogP contribution is -2.44. The highest BCUT2D eigenvalue weighted by atomic mass is 35.5. The van der Waals surface area contributed by atoms with Crippen LogP contribution in [0.25, 0.3) is 10.2 Å². The fourth-order valence-electron chi connectivity index (χ4n) is 3.18. The molecule has 0 N–H and O–H groups in total.